The summed E-state index contributed by atoms with van der Waals surface area (Å²) in [6, 6.07) is 15.7. The highest BCUT2D eigenvalue weighted by Crippen LogP contribution is 2.22. The molecule has 0 aliphatic heterocycles. The number of carbonyl (C=O) groups is 1. The second-order valence-electron chi connectivity index (χ2n) is 5.26. The van der Waals surface area contributed by atoms with E-state index in [1.165, 1.54) is 5.56 Å². The first-order chi connectivity index (χ1) is 10.1. The van der Waals surface area contributed by atoms with Gasteiger partial charge >= 0.3 is 0 Å². The molecule has 3 nitrogen and oxygen atoms in total. The summed E-state index contributed by atoms with van der Waals surface area (Å²) in [4.78, 5) is 13.2. The van der Waals surface area contributed by atoms with Crippen molar-refractivity contribution in [1.29, 1.82) is 0 Å². The Balaban J connectivity index is 1.91. The van der Waals surface area contributed by atoms with Gasteiger partial charge in [0.25, 0.3) is 5.91 Å². The zero-order valence-electron chi connectivity index (χ0n) is 12.3. The van der Waals surface area contributed by atoms with Crippen LogP contribution in [0.15, 0.2) is 48.5 Å². The van der Waals surface area contributed by atoms with E-state index in [-0.39, 0.29) is 5.91 Å². The van der Waals surface area contributed by atoms with Crippen molar-refractivity contribution in [3.63, 3.8) is 0 Å². The highest BCUT2D eigenvalue weighted by atomic mass is 35.5. The number of hydrogen-bond donors (Lipinski definition) is 2. The number of nitrogens with one attached hydrogen (secondary N) is 2. The summed E-state index contributed by atoms with van der Waals surface area (Å²) in [5.41, 5.74) is 2.90. The number of anilines is 1. The monoisotopic (exact) mass is 303 g/mol. The molecule has 2 aromatic rings. The van der Waals surface area contributed by atoms with Crippen LogP contribution in [0.3, 0.4) is 0 Å². The lowest BCUT2D eigenvalue weighted by atomic mass is 10.2. The van der Waals surface area contributed by atoms with Crippen molar-refractivity contribution in [2.45, 2.75) is 13.5 Å². The predicted molar refractivity (Wildman–Crippen MR) is 86.7 cm³/mol. The van der Waals surface area contributed by atoms with E-state index < -0.39 is 0 Å². The van der Waals surface area contributed by atoms with Crippen LogP contribution in [-0.4, -0.2) is 19.5 Å². The molecule has 1 amide bonds. The highest BCUT2D eigenvalue weighted by Gasteiger charge is 2.12. The molecular weight excluding hydrogens is 284 g/mol. The summed E-state index contributed by atoms with van der Waals surface area (Å²) < 4.78 is 0. The van der Waals surface area contributed by atoms with Gasteiger partial charge in [0.2, 0.25) is 0 Å². The fourth-order valence-electron chi connectivity index (χ4n) is 2.22. The normalized spacial score (nSPS) is 12.0. The molecule has 0 radical (unpaired) electrons. The van der Waals surface area contributed by atoms with E-state index in [9.17, 15) is 4.79 Å². The molecule has 0 aliphatic carbocycles. The molecular formula is C17H20ClN2O+. The lowest BCUT2D eigenvalue weighted by molar-refractivity contribution is -0.885. The lowest BCUT2D eigenvalue weighted by Gasteiger charge is -2.15. The molecule has 0 saturated heterocycles. The quantitative estimate of drug-likeness (QED) is 0.873. The molecule has 2 aromatic carbocycles. The number of hydrogen-bond acceptors (Lipinski definition) is 1. The van der Waals surface area contributed by atoms with Crippen molar-refractivity contribution in [1.82, 2.24) is 0 Å². The van der Waals surface area contributed by atoms with E-state index in [2.05, 4.69) is 17.4 Å². The topological polar surface area (TPSA) is 33.5 Å². The predicted octanol–water partition coefficient (Wildman–Crippen LogP) is 2.30. The Morgan fingerprint density at radius 1 is 1.14 bits per heavy atom. The highest BCUT2D eigenvalue weighted by molar-refractivity contribution is 6.31. The van der Waals surface area contributed by atoms with Crippen molar-refractivity contribution in [3.05, 3.63) is 64.7 Å². The van der Waals surface area contributed by atoms with Gasteiger partial charge in [0.1, 0.15) is 6.54 Å². The second-order valence-corrected chi connectivity index (χ2v) is 5.66. The van der Waals surface area contributed by atoms with Crippen molar-refractivity contribution < 1.29 is 9.69 Å². The minimum Gasteiger partial charge on any atom is -0.326 e. The van der Waals surface area contributed by atoms with E-state index in [4.69, 9.17) is 11.6 Å². The number of rotatable bonds is 5. The Hall–Kier alpha value is -1.84. The standard InChI is InChI=1S/C17H19ClN2O/c1-13-15(18)9-6-10-16(13)19-17(21)12-20(2)11-14-7-4-3-5-8-14/h3-10H,11-12H2,1-2H3,(H,19,21)/p+1. The third-order valence-electron chi connectivity index (χ3n) is 3.35. The summed E-state index contributed by atoms with van der Waals surface area (Å²) in [5, 5.41) is 3.59. The van der Waals surface area contributed by atoms with Gasteiger partial charge in [-0.25, -0.2) is 0 Å². The molecule has 0 aliphatic rings. The fourth-order valence-corrected chi connectivity index (χ4v) is 2.39. The molecule has 4 heteroatoms. The summed E-state index contributed by atoms with van der Waals surface area (Å²) in [6.07, 6.45) is 0. The Morgan fingerprint density at radius 2 is 1.86 bits per heavy atom. The van der Waals surface area contributed by atoms with Crippen LogP contribution in [-0.2, 0) is 11.3 Å². The molecule has 0 bridgehead atoms. The number of likely N-dealkylation sites (N-methyl/N-ethyl adjacent to an activating group) is 1. The molecule has 0 heterocycles. The van der Waals surface area contributed by atoms with Gasteiger partial charge in [-0.2, -0.15) is 0 Å². The lowest BCUT2D eigenvalue weighted by Crippen LogP contribution is -3.08. The van der Waals surface area contributed by atoms with Crippen LogP contribution in [0.25, 0.3) is 0 Å². The van der Waals surface area contributed by atoms with Crippen molar-refractivity contribution >= 4 is 23.2 Å². The maximum absolute atomic E-state index is 12.1. The first kappa shape index (κ1) is 15.5. The minimum atomic E-state index is -0.00574. The summed E-state index contributed by atoms with van der Waals surface area (Å²) in [5.74, 6) is -0.00574. The van der Waals surface area contributed by atoms with Crippen molar-refractivity contribution in [3.8, 4) is 0 Å². The number of benzene rings is 2. The van der Waals surface area contributed by atoms with Crippen LogP contribution in [0, 0.1) is 6.92 Å². The van der Waals surface area contributed by atoms with Gasteiger partial charge in [-0.3, -0.25) is 4.79 Å². The first-order valence-electron chi connectivity index (χ1n) is 6.96. The molecule has 1 unspecified atom stereocenters. The molecule has 0 fully saturated rings. The van der Waals surface area contributed by atoms with E-state index in [1.807, 2.05) is 50.4 Å². The largest absolute Gasteiger partial charge is 0.326 e. The van der Waals surface area contributed by atoms with Gasteiger partial charge in [0, 0.05) is 16.3 Å². The maximum atomic E-state index is 12.1. The Bertz CT molecular complexity index is 613. The Labute approximate surface area is 130 Å². The zero-order chi connectivity index (χ0) is 15.2. The third-order valence-corrected chi connectivity index (χ3v) is 3.76. The zero-order valence-corrected chi connectivity index (χ0v) is 13.1. The van der Waals surface area contributed by atoms with Gasteiger partial charge < -0.3 is 10.2 Å². The van der Waals surface area contributed by atoms with Crippen LogP contribution in [0.5, 0.6) is 0 Å². The molecule has 0 aromatic heterocycles. The molecule has 0 saturated carbocycles. The molecule has 1 atom stereocenters. The van der Waals surface area contributed by atoms with E-state index in [1.54, 1.807) is 0 Å². The van der Waals surface area contributed by atoms with Crippen LogP contribution >= 0.6 is 11.6 Å². The van der Waals surface area contributed by atoms with Gasteiger partial charge in [-0.15, -0.1) is 0 Å². The minimum absolute atomic E-state index is 0.00574. The molecule has 0 spiro atoms. The molecule has 110 valence electrons. The number of halogens is 1. The molecule has 2 rings (SSSR count). The number of quaternary nitrogens is 1. The van der Waals surface area contributed by atoms with Crippen molar-refractivity contribution in [2.75, 3.05) is 18.9 Å². The smallest absolute Gasteiger partial charge is 0.279 e. The summed E-state index contributed by atoms with van der Waals surface area (Å²) in [7, 11) is 2.01. The van der Waals surface area contributed by atoms with E-state index in [0.717, 1.165) is 22.7 Å². The first-order valence-corrected chi connectivity index (χ1v) is 7.34. The average molecular weight is 304 g/mol. The number of amides is 1. The molecule has 21 heavy (non-hydrogen) atoms. The fraction of sp³-hybridized carbons (Fsp3) is 0.235. The van der Waals surface area contributed by atoms with Crippen molar-refractivity contribution in [2.24, 2.45) is 0 Å². The summed E-state index contributed by atoms with van der Waals surface area (Å²) >= 11 is 6.05. The van der Waals surface area contributed by atoms with Crippen LogP contribution in [0.1, 0.15) is 11.1 Å². The third kappa shape index (κ3) is 4.59. The van der Waals surface area contributed by atoms with E-state index >= 15 is 0 Å². The SMILES string of the molecule is Cc1c(Cl)cccc1NC(=O)C[NH+](C)Cc1ccccc1. The second kappa shape index (κ2) is 7.25. The van der Waals surface area contributed by atoms with Gasteiger partial charge in [0.15, 0.2) is 6.54 Å². The maximum Gasteiger partial charge on any atom is 0.279 e. The van der Waals surface area contributed by atoms with Crippen LogP contribution in [0.4, 0.5) is 5.69 Å². The summed E-state index contributed by atoms with van der Waals surface area (Å²) in [6.45, 7) is 3.14. The van der Waals surface area contributed by atoms with Gasteiger partial charge in [-0.05, 0) is 24.6 Å². The van der Waals surface area contributed by atoms with Crippen LogP contribution < -0.4 is 10.2 Å². The van der Waals surface area contributed by atoms with E-state index in [0.29, 0.717) is 11.6 Å². The van der Waals surface area contributed by atoms with Gasteiger partial charge in [0.05, 0.1) is 7.05 Å². The van der Waals surface area contributed by atoms with Gasteiger partial charge in [-0.1, -0.05) is 48.0 Å². The Morgan fingerprint density at radius 3 is 2.57 bits per heavy atom. The Kier molecular flexibility index (Phi) is 5.37. The average Bonchev–Trinajstić information content (AvgIpc) is 2.44. The van der Waals surface area contributed by atoms with Crippen LogP contribution in [0.2, 0.25) is 5.02 Å². The number of carbonyl (C=O) groups excluding carboxylic acids is 1. The molecule has 2 N–H and O–H groups in total.